The lowest BCUT2D eigenvalue weighted by atomic mass is 9.96. The van der Waals surface area contributed by atoms with Crippen molar-refractivity contribution in [1.29, 1.82) is 0 Å². The maximum Gasteiger partial charge on any atom is 0.276 e. The van der Waals surface area contributed by atoms with Gasteiger partial charge in [-0.05, 0) is 37.7 Å². The molecule has 1 aromatic carbocycles. The Balaban J connectivity index is 1.63. The number of hydrogen-bond acceptors (Lipinski definition) is 3. The van der Waals surface area contributed by atoms with E-state index in [1.165, 1.54) is 5.56 Å². The molecule has 1 aromatic heterocycles. The van der Waals surface area contributed by atoms with Crippen molar-refractivity contribution in [3.63, 3.8) is 0 Å². The number of rotatable bonds is 2. The van der Waals surface area contributed by atoms with Gasteiger partial charge in [-0.2, -0.15) is 0 Å². The minimum Gasteiger partial charge on any atom is -0.360 e. The summed E-state index contributed by atoms with van der Waals surface area (Å²) in [5.74, 6) is 0.961. The highest BCUT2D eigenvalue weighted by Crippen LogP contribution is 2.34. The standard InChI is InChI=1S/C18H20N2O2/c21-18(17-14-9-4-5-11-16(14)22-19-17)20-12-6-10-15(20)13-7-2-1-3-8-13/h1-3,7-8,15H,4-6,9-12H2. The Morgan fingerprint density at radius 1 is 1.14 bits per heavy atom. The second-order valence-electron chi connectivity index (χ2n) is 6.21. The molecule has 0 bridgehead atoms. The van der Waals surface area contributed by atoms with Gasteiger partial charge in [0.15, 0.2) is 5.69 Å². The fourth-order valence-electron chi connectivity index (χ4n) is 3.72. The Hall–Kier alpha value is -2.10. The molecule has 2 aliphatic rings. The molecular weight excluding hydrogens is 276 g/mol. The van der Waals surface area contributed by atoms with Crippen LogP contribution in [-0.2, 0) is 12.8 Å². The largest absolute Gasteiger partial charge is 0.360 e. The average molecular weight is 296 g/mol. The highest BCUT2D eigenvalue weighted by molar-refractivity contribution is 5.94. The van der Waals surface area contributed by atoms with E-state index in [4.69, 9.17) is 4.52 Å². The molecule has 0 radical (unpaired) electrons. The predicted molar refractivity (Wildman–Crippen MR) is 82.6 cm³/mol. The van der Waals surface area contributed by atoms with E-state index in [9.17, 15) is 4.79 Å². The molecular formula is C18H20N2O2. The van der Waals surface area contributed by atoms with E-state index in [1.807, 2.05) is 23.1 Å². The van der Waals surface area contributed by atoms with E-state index in [1.54, 1.807) is 0 Å². The van der Waals surface area contributed by atoms with Crippen LogP contribution in [0.5, 0.6) is 0 Å². The van der Waals surface area contributed by atoms with Crippen molar-refractivity contribution in [3.8, 4) is 0 Å². The summed E-state index contributed by atoms with van der Waals surface area (Å²) in [6.45, 7) is 0.806. The third kappa shape index (κ3) is 2.23. The minimum atomic E-state index is 0.0400. The Kier molecular flexibility index (Phi) is 3.45. The van der Waals surface area contributed by atoms with Crippen LogP contribution in [-0.4, -0.2) is 22.5 Å². The number of hydrogen-bond donors (Lipinski definition) is 0. The van der Waals surface area contributed by atoms with E-state index in [0.29, 0.717) is 5.69 Å². The molecule has 1 amide bonds. The van der Waals surface area contributed by atoms with Gasteiger partial charge in [-0.3, -0.25) is 4.79 Å². The number of carbonyl (C=O) groups excluding carboxylic acids is 1. The smallest absolute Gasteiger partial charge is 0.276 e. The first kappa shape index (κ1) is 13.6. The zero-order valence-corrected chi connectivity index (χ0v) is 12.6. The van der Waals surface area contributed by atoms with Gasteiger partial charge in [-0.25, -0.2) is 0 Å². The quantitative estimate of drug-likeness (QED) is 0.851. The molecule has 0 saturated carbocycles. The van der Waals surface area contributed by atoms with E-state index in [0.717, 1.165) is 56.4 Å². The molecule has 1 atom stereocenters. The monoisotopic (exact) mass is 296 g/mol. The highest BCUT2D eigenvalue weighted by Gasteiger charge is 2.34. The molecule has 4 rings (SSSR count). The molecule has 2 aromatic rings. The molecule has 1 saturated heterocycles. The van der Waals surface area contributed by atoms with Crippen molar-refractivity contribution in [1.82, 2.24) is 10.1 Å². The fourth-order valence-corrected chi connectivity index (χ4v) is 3.72. The summed E-state index contributed by atoms with van der Waals surface area (Å²) in [6.07, 6.45) is 6.16. The first-order chi connectivity index (χ1) is 10.8. The molecule has 4 heteroatoms. The fraction of sp³-hybridized carbons (Fsp3) is 0.444. The lowest BCUT2D eigenvalue weighted by Gasteiger charge is -2.24. The molecule has 1 aliphatic heterocycles. The lowest BCUT2D eigenvalue weighted by molar-refractivity contribution is 0.0724. The second-order valence-corrected chi connectivity index (χ2v) is 6.21. The van der Waals surface area contributed by atoms with Crippen molar-refractivity contribution in [2.45, 2.75) is 44.6 Å². The summed E-state index contributed by atoms with van der Waals surface area (Å²) in [5, 5.41) is 4.10. The van der Waals surface area contributed by atoms with Gasteiger partial charge in [0.2, 0.25) is 0 Å². The van der Waals surface area contributed by atoms with Crippen LogP contribution < -0.4 is 0 Å². The average Bonchev–Trinajstić information content (AvgIpc) is 3.22. The zero-order chi connectivity index (χ0) is 14.9. The Morgan fingerprint density at radius 3 is 2.82 bits per heavy atom. The molecule has 1 fully saturated rings. The summed E-state index contributed by atoms with van der Waals surface area (Å²) in [7, 11) is 0. The number of carbonyl (C=O) groups is 1. The van der Waals surface area contributed by atoms with Gasteiger partial charge in [0.1, 0.15) is 5.76 Å². The van der Waals surface area contributed by atoms with Crippen LogP contribution in [0.4, 0.5) is 0 Å². The third-order valence-corrected chi connectivity index (χ3v) is 4.85. The molecule has 4 nitrogen and oxygen atoms in total. The molecule has 22 heavy (non-hydrogen) atoms. The Morgan fingerprint density at radius 2 is 1.95 bits per heavy atom. The lowest BCUT2D eigenvalue weighted by Crippen LogP contribution is -2.31. The number of likely N-dealkylation sites (tertiary alicyclic amines) is 1. The number of fused-ring (bicyclic) bond motifs is 1. The van der Waals surface area contributed by atoms with Crippen molar-refractivity contribution in [3.05, 3.63) is 52.9 Å². The normalized spacial score (nSPS) is 20.9. The van der Waals surface area contributed by atoms with Gasteiger partial charge in [0.25, 0.3) is 5.91 Å². The summed E-state index contributed by atoms with van der Waals surface area (Å²) in [5.41, 5.74) is 2.82. The van der Waals surface area contributed by atoms with E-state index >= 15 is 0 Å². The first-order valence-electron chi connectivity index (χ1n) is 8.18. The molecule has 114 valence electrons. The summed E-state index contributed by atoms with van der Waals surface area (Å²) in [6, 6.07) is 10.5. The number of benzene rings is 1. The maximum atomic E-state index is 13.0. The summed E-state index contributed by atoms with van der Waals surface area (Å²) in [4.78, 5) is 14.9. The van der Waals surface area contributed by atoms with Crippen LogP contribution in [0.1, 0.15) is 59.1 Å². The van der Waals surface area contributed by atoms with Crippen molar-refractivity contribution in [2.75, 3.05) is 6.54 Å². The van der Waals surface area contributed by atoms with Gasteiger partial charge in [-0.15, -0.1) is 0 Å². The number of amides is 1. The third-order valence-electron chi connectivity index (χ3n) is 4.85. The molecule has 0 N–H and O–H groups in total. The highest BCUT2D eigenvalue weighted by atomic mass is 16.5. The van der Waals surface area contributed by atoms with E-state index < -0.39 is 0 Å². The predicted octanol–water partition coefficient (Wildman–Crippen LogP) is 3.53. The number of nitrogens with zero attached hydrogens (tertiary/aromatic N) is 2. The maximum absolute atomic E-state index is 13.0. The second kappa shape index (κ2) is 5.59. The first-order valence-corrected chi connectivity index (χ1v) is 8.18. The summed E-state index contributed by atoms with van der Waals surface area (Å²) >= 11 is 0. The molecule has 0 spiro atoms. The minimum absolute atomic E-state index is 0.0400. The van der Waals surface area contributed by atoms with E-state index in [2.05, 4.69) is 17.3 Å². The molecule has 1 aliphatic carbocycles. The van der Waals surface area contributed by atoms with Crippen LogP contribution in [0.3, 0.4) is 0 Å². The van der Waals surface area contributed by atoms with Crippen LogP contribution in [0.2, 0.25) is 0 Å². The Bertz CT molecular complexity index is 678. The van der Waals surface area contributed by atoms with Gasteiger partial charge in [0, 0.05) is 18.5 Å². The number of aryl methyl sites for hydroxylation is 1. The van der Waals surface area contributed by atoms with Crippen LogP contribution in [0.25, 0.3) is 0 Å². The van der Waals surface area contributed by atoms with Gasteiger partial charge >= 0.3 is 0 Å². The van der Waals surface area contributed by atoms with Crippen LogP contribution in [0, 0.1) is 0 Å². The molecule has 1 unspecified atom stereocenters. The Labute approximate surface area is 130 Å². The number of aromatic nitrogens is 1. The summed E-state index contributed by atoms with van der Waals surface area (Å²) < 4.78 is 5.41. The zero-order valence-electron chi connectivity index (χ0n) is 12.6. The van der Waals surface area contributed by atoms with Crippen molar-refractivity contribution >= 4 is 5.91 Å². The van der Waals surface area contributed by atoms with Crippen LogP contribution in [0.15, 0.2) is 34.9 Å². The van der Waals surface area contributed by atoms with Gasteiger partial charge < -0.3 is 9.42 Å². The van der Waals surface area contributed by atoms with Gasteiger partial charge in [-0.1, -0.05) is 35.5 Å². The van der Waals surface area contributed by atoms with Gasteiger partial charge in [0.05, 0.1) is 6.04 Å². The van der Waals surface area contributed by atoms with Crippen molar-refractivity contribution < 1.29 is 9.32 Å². The van der Waals surface area contributed by atoms with E-state index in [-0.39, 0.29) is 11.9 Å². The van der Waals surface area contributed by atoms with Crippen LogP contribution >= 0.6 is 0 Å². The SMILES string of the molecule is O=C(c1noc2c1CCCC2)N1CCCC1c1ccccc1. The van der Waals surface area contributed by atoms with Crippen molar-refractivity contribution in [2.24, 2.45) is 0 Å². The topological polar surface area (TPSA) is 46.3 Å². The molecule has 2 heterocycles.